The van der Waals surface area contributed by atoms with E-state index in [0.717, 1.165) is 34.7 Å². The number of hydrogen-bond donors (Lipinski definition) is 1. The molecule has 0 bridgehead atoms. The van der Waals surface area contributed by atoms with Crippen LogP contribution in [0.2, 0.25) is 0 Å². The van der Waals surface area contributed by atoms with E-state index >= 15 is 0 Å². The standard InChI is InChI=1S/C18H23NO3/c1-19(9-10-20)13-15-11-17(21-2)18(22-3)12-16(15)14-7-5-4-6-8-14/h4-8,11-12,20H,9-10,13H2,1-3H3. The lowest BCUT2D eigenvalue weighted by Crippen LogP contribution is -2.21. The molecular weight excluding hydrogens is 278 g/mol. The summed E-state index contributed by atoms with van der Waals surface area (Å²) in [5.74, 6) is 1.43. The second kappa shape index (κ2) is 7.82. The maximum absolute atomic E-state index is 9.10. The molecule has 2 aromatic carbocycles. The summed E-state index contributed by atoms with van der Waals surface area (Å²) in [6.07, 6.45) is 0. The maximum Gasteiger partial charge on any atom is 0.161 e. The molecule has 0 amide bonds. The Balaban J connectivity index is 2.48. The van der Waals surface area contributed by atoms with Crippen molar-refractivity contribution in [3.63, 3.8) is 0 Å². The highest BCUT2D eigenvalue weighted by Crippen LogP contribution is 2.36. The van der Waals surface area contributed by atoms with Gasteiger partial charge in [0.25, 0.3) is 0 Å². The van der Waals surface area contributed by atoms with Gasteiger partial charge in [-0.25, -0.2) is 0 Å². The average molecular weight is 301 g/mol. The molecule has 0 saturated carbocycles. The van der Waals surface area contributed by atoms with Crippen molar-refractivity contribution < 1.29 is 14.6 Å². The van der Waals surface area contributed by atoms with E-state index in [9.17, 15) is 0 Å². The number of aliphatic hydroxyl groups is 1. The van der Waals surface area contributed by atoms with Crippen LogP contribution in [-0.2, 0) is 6.54 Å². The minimum Gasteiger partial charge on any atom is -0.493 e. The van der Waals surface area contributed by atoms with Gasteiger partial charge in [-0.05, 0) is 35.9 Å². The van der Waals surface area contributed by atoms with Gasteiger partial charge >= 0.3 is 0 Å². The van der Waals surface area contributed by atoms with Crippen LogP contribution >= 0.6 is 0 Å². The van der Waals surface area contributed by atoms with Gasteiger partial charge in [0.05, 0.1) is 20.8 Å². The Kier molecular flexibility index (Phi) is 5.81. The summed E-state index contributed by atoms with van der Waals surface area (Å²) < 4.78 is 10.8. The van der Waals surface area contributed by atoms with Crippen LogP contribution in [-0.4, -0.2) is 44.4 Å². The molecule has 0 aliphatic carbocycles. The zero-order chi connectivity index (χ0) is 15.9. The predicted molar refractivity (Wildman–Crippen MR) is 88.4 cm³/mol. The Labute approximate surface area is 131 Å². The Bertz CT molecular complexity index is 599. The molecule has 4 heteroatoms. The largest absolute Gasteiger partial charge is 0.493 e. The van der Waals surface area contributed by atoms with Crippen LogP contribution in [0.5, 0.6) is 11.5 Å². The van der Waals surface area contributed by atoms with Crippen LogP contribution in [0.4, 0.5) is 0 Å². The van der Waals surface area contributed by atoms with Crippen LogP contribution in [0.15, 0.2) is 42.5 Å². The molecule has 0 aromatic heterocycles. The summed E-state index contributed by atoms with van der Waals surface area (Å²) in [5.41, 5.74) is 3.39. The van der Waals surface area contributed by atoms with E-state index in [0.29, 0.717) is 6.54 Å². The lowest BCUT2D eigenvalue weighted by molar-refractivity contribution is 0.217. The van der Waals surface area contributed by atoms with Crippen molar-refractivity contribution in [2.45, 2.75) is 6.54 Å². The van der Waals surface area contributed by atoms with Crippen LogP contribution in [0, 0.1) is 0 Å². The van der Waals surface area contributed by atoms with Crippen LogP contribution in [0.3, 0.4) is 0 Å². The van der Waals surface area contributed by atoms with Crippen LogP contribution in [0.25, 0.3) is 11.1 Å². The molecular formula is C18H23NO3. The lowest BCUT2D eigenvalue weighted by atomic mass is 9.98. The molecule has 0 saturated heterocycles. The van der Waals surface area contributed by atoms with E-state index in [1.165, 1.54) is 0 Å². The molecule has 4 nitrogen and oxygen atoms in total. The van der Waals surface area contributed by atoms with Gasteiger partial charge in [0.2, 0.25) is 0 Å². The summed E-state index contributed by atoms with van der Waals surface area (Å²) in [6.45, 7) is 1.50. The van der Waals surface area contributed by atoms with Gasteiger partial charge in [0.15, 0.2) is 11.5 Å². The summed E-state index contributed by atoms with van der Waals surface area (Å²) in [5, 5.41) is 9.10. The number of benzene rings is 2. The number of nitrogens with zero attached hydrogens (tertiary/aromatic N) is 1. The van der Waals surface area contributed by atoms with Gasteiger partial charge in [0.1, 0.15) is 0 Å². The minimum absolute atomic E-state index is 0.143. The molecule has 0 atom stereocenters. The summed E-state index contributed by atoms with van der Waals surface area (Å²) in [4.78, 5) is 2.08. The van der Waals surface area contributed by atoms with Gasteiger partial charge in [0, 0.05) is 13.1 Å². The second-order valence-corrected chi connectivity index (χ2v) is 5.19. The van der Waals surface area contributed by atoms with Crippen LogP contribution in [0.1, 0.15) is 5.56 Å². The predicted octanol–water partition coefficient (Wildman–Crippen LogP) is 2.79. The summed E-state index contributed by atoms with van der Waals surface area (Å²) in [7, 11) is 5.27. The fraction of sp³-hybridized carbons (Fsp3) is 0.333. The van der Waals surface area contributed by atoms with Gasteiger partial charge in [-0.3, -0.25) is 4.90 Å². The fourth-order valence-electron chi connectivity index (χ4n) is 2.48. The quantitative estimate of drug-likeness (QED) is 0.854. The van der Waals surface area contributed by atoms with Gasteiger partial charge < -0.3 is 14.6 Å². The van der Waals surface area contributed by atoms with Crippen molar-refractivity contribution in [1.82, 2.24) is 4.90 Å². The Morgan fingerprint density at radius 3 is 2.23 bits per heavy atom. The van der Waals surface area contributed by atoms with Crippen molar-refractivity contribution in [3.8, 4) is 22.6 Å². The summed E-state index contributed by atoms with van der Waals surface area (Å²) in [6, 6.07) is 14.2. The van der Waals surface area contributed by atoms with E-state index in [2.05, 4.69) is 17.0 Å². The molecule has 2 aromatic rings. The smallest absolute Gasteiger partial charge is 0.161 e. The Hall–Kier alpha value is -2.04. The highest BCUT2D eigenvalue weighted by molar-refractivity contribution is 5.71. The monoisotopic (exact) mass is 301 g/mol. The number of aliphatic hydroxyl groups excluding tert-OH is 1. The molecule has 1 N–H and O–H groups in total. The van der Waals surface area contributed by atoms with Crippen molar-refractivity contribution in [2.75, 3.05) is 34.4 Å². The molecule has 118 valence electrons. The fourth-order valence-corrected chi connectivity index (χ4v) is 2.48. The summed E-state index contributed by atoms with van der Waals surface area (Å²) >= 11 is 0. The first-order valence-corrected chi connectivity index (χ1v) is 7.29. The third-order valence-electron chi connectivity index (χ3n) is 3.62. The van der Waals surface area contributed by atoms with Crippen molar-refractivity contribution >= 4 is 0 Å². The average Bonchev–Trinajstić information content (AvgIpc) is 2.55. The molecule has 0 radical (unpaired) electrons. The minimum atomic E-state index is 0.143. The zero-order valence-corrected chi connectivity index (χ0v) is 13.4. The normalized spacial score (nSPS) is 10.8. The van der Waals surface area contributed by atoms with Crippen molar-refractivity contribution in [2.24, 2.45) is 0 Å². The molecule has 2 rings (SSSR count). The van der Waals surface area contributed by atoms with E-state index in [1.54, 1.807) is 14.2 Å². The van der Waals surface area contributed by atoms with E-state index < -0.39 is 0 Å². The molecule has 0 aliphatic heterocycles. The highest BCUT2D eigenvalue weighted by Gasteiger charge is 2.14. The number of ether oxygens (including phenoxy) is 2. The Morgan fingerprint density at radius 2 is 1.64 bits per heavy atom. The molecule has 0 fully saturated rings. The Morgan fingerprint density at radius 1 is 1.00 bits per heavy atom. The first kappa shape index (κ1) is 16.3. The first-order chi connectivity index (χ1) is 10.7. The van der Waals surface area contributed by atoms with Crippen molar-refractivity contribution in [3.05, 3.63) is 48.0 Å². The van der Waals surface area contributed by atoms with Gasteiger partial charge in [-0.1, -0.05) is 30.3 Å². The number of likely N-dealkylation sites (N-methyl/N-ethyl adjacent to an activating group) is 1. The van der Waals surface area contributed by atoms with Gasteiger partial charge in [-0.2, -0.15) is 0 Å². The van der Waals surface area contributed by atoms with Gasteiger partial charge in [-0.15, -0.1) is 0 Å². The number of rotatable bonds is 7. The third kappa shape index (κ3) is 3.78. The SMILES string of the molecule is COc1cc(CN(C)CCO)c(-c2ccccc2)cc1OC. The van der Waals surface area contributed by atoms with E-state index in [1.807, 2.05) is 37.4 Å². The van der Waals surface area contributed by atoms with E-state index in [-0.39, 0.29) is 6.61 Å². The lowest BCUT2D eigenvalue weighted by Gasteiger charge is -2.20. The second-order valence-electron chi connectivity index (χ2n) is 5.19. The molecule has 0 aliphatic rings. The highest BCUT2D eigenvalue weighted by atomic mass is 16.5. The molecule has 0 unspecified atom stereocenters. The zero-order valence-electron chi connectivity index (χ0n) is 13.4. The van der Waals surface area contributed by atoms with Crippen molar-refractivity contribution in [1.29, 1.82) is 0 Å². The topological polar surface area (TPSA) is 41.9 Å². The first-order valence-electron chi connectivity index (χ1n) is 7.29. The van der Waals surface area contributed by atoms with Crippen LogP contribution < -0.4 is 9.47 Å². The molecule has 0 spiro atoms. The maximum atomic E-state index is 9.10. The molecule has 0 heterocycles. The molecule has 22 heavy (non-hydrogen) atoms. The van der Waals surface area contributed by atoms with E-state index in [4.69, 9.17) is 14.6 Å². The third-order valence-corrected chi connectivity index (χ3v) is 3.62. The number of hydrogen-bond acceptors (Lipinski definition) is 4. The number of methoxy groups -OCH3 is 2.